The van der Waals surface area contributed by atoms with Gasteiger partial charge in [-0.05, 0) is 47.1 Å². The zero-order valence-electron chi connectivity index (χ0n) is 8.96. The number of amides is 1. The van der Waals surface area contributed by atoms with Crippen molar-refractivity contribution in [2.45, 2.75) is 6.92 Å². The van der Waals surface area contributed by atoms with Crippen LogP contribution < -0.4 is 5.32 Å². The third-order valence-corrected chi connectivity index (χ3v) is 3.40. The molecule has 0 atom stereocenters. The van der Waals surface area contributed by atoms with Crippen LogP contribution in [0.1, 0.15) is 16.1 Å². The maximum Gasteiger partial charge on any atom is 0.258 e. The zero-order chi connectivity index (χ0) is 12.4. The first-order valence-electron chi connectivity index (χ1n) is 4.88. The molecule has 0 spiro atoms. The van der Waals surface area contributed by atoms with Crippen molar-refractivity contribution < 1.29 is 9.21 Å². The Morgan fingerprint density at radius 3 is 2.76 bits per heavy atom. The van der Waals surface area contributed by atoms with Crippen molar-refractivity contribution in [1.29, 1.82) is 0 Å². The summed E-state index contributed by atoms with van der Waals surface area (Å²) in [5, 5.41) is 3.28. The molecule has 0 aliphatic heterocycles. The van der Waals surface area contributed by atoms with Crippen molar-refractivity contribution in [1.82, 2.24) is 0 Å². The van der Waals surface area contributed by atoms with Gasteiger partial charge in [-0.2, -0.15) is 0 Å². The van der Waals surface area contributed by atoms with Crippen molar-refractivity contribution in [3.8, 4) is 0 Å². The lowest BCUT2D eigenvalue weighted by Crippen LogP contribution is -2.10. The number of aryl methyl sites for hydroxylation is 1. The number of halogens is 2. The highest BCUT2D eigenvalue weighted by Crippen LogP contribution is 2.25. The van der Waals surface area contributed by atoms with Crippen molar-refractivity contribution in [2.24, 2.45) is 0 Å². The number of carbonyl (C=O) groups excluding carboxylic acids is 1. The molecule has 5 heteroatoms. The van der Waals surface area contributed by atoms with Gasteiger partial charge in [0.15, 0.2) is 0 Å². The maximum absolute atomic E-state index is 11.8. The van der Waals surface area contributed by atoms with Crippen LogP contribution in [0.2, 0.25) is 5.02 Å². The Bertz CT molecular complexity index is 565. The summed E-state index contributed by atoms with van der Waals surface area (Å²) in [5.41, 5.74) is 1.13. The van der Waals surface area contributed by atoms with Crippen molar-refractivity contribution in [2.75, 3.05) is 5.32 Å². The van der Waals surface area contributed by atoms with Gasteiger partial charge in [-0.1, -0.05) is 11.6 Å². The Morgan fingerprint density at radius 2 is 2.18 bits per heavy atom. The summed E-state index contributed by atoms with van der Waals surface area (Å²) in [4.78, 5) is 11.8. The van der Waals surface area contributed by atoms with Gasteiger partial charge in [0.25, 0.3) is 5.91 Å². The van der Waals surface area contributed by atoms with Gasteiger partial charge in [-0.25, -0.2) is 0 Å². The minimum Gasteiger partial charge on any atom is -0.469 e. The van der Waals surface area contributed by atoms with E-state index in [4.69, 9.17) is 16.0 Å². The first kappa shape index (κ1) is 12.2. The smallest absolute Gasteiger partial charge is 0.258 e. The van der Waals surface area contributed by atoms with Crippen LogP contribution in [0.25, 0.3) is 0 Å². The van der Waals surface area contributed by atoms with Crippen LogP contribution in [0.4, 0.5) is 5.69 Å². The molecule has 0 bridgehead atoms. The summed E-state index contributed by atoms with van der Waals surface area (Å²) >= 11 is 9.21. The van der Waals surface area contributed by atoms with Crippen LogP contribution in [0.15, 0.2) is 39.4 Å². The van der Waals surface area contributed by atoms with E-state index < -0.39 is 0 Å². The summed E-state index contributed by atoms with van der Waals surface area (Å²) in [5.74, 6) is 0.476. The van der Waals surface area contributed by atoms with Gasteiger partial charge in [0.2, 0.25) is 0 Å². The van der Waals surface area contributed by atoms with Crippen LogP contribution in [-0.4, -0.2) is 5.91 Å². The second-order valence-corrected chi connectivity index (χ2v) is 4.79. The SMILES string of the molecule is Cc1cc(C(=O)Nc2ccc(Br)c(Cl)c2)co1. The standard InChI is InChI=1S/C12H9BrClNO2/c1-7-4-8(6-17-7)12(16)15-9-2-3-10(13)11(14)5-9/h2-6H,1H3,(H,15,16). The van der Waals surface area contributed by atoms with E-state index >= 15 is 0 Å². The molecule has 0 unspecified atom stereocenters. The molecule has 0 aliphatic carbocycles. The molecule has 1 aromatic carbocycles. The summed E-state index contributed by atoms with van der Waals surface area (Å²) in [6, 6.07) is 6.89. The number of furan rings is 1. The van der Waals surface area contributed by atoms with Gasteiger partial charge in [0.05, 0.1) is 10.6 Å². The first-order chi connectivity index (χ1) is 8.06. The number of rotatable bonds is 2. The monoisotopic (exact) mass is 313 g/mol. The van der Waals surface area contributed by atoms with E-state index in [-0.39, 0.29) is 5.91 Å². The topological polar surface area (TPSA) is 42.2 Å². The molecule has 0 saturated carbocycles. The fraction of sp³-hybridized carbons (Fsp3) is 0.0833. The highest BCUT2D eigenvalue weighted by Gasteiger charge is 2.09. The summed E-state index contributed by atoms with van der Waals surface area (Å²) in [7, 11) is 0. The fourth-order valence-corrected chi connectivity index (χ4v) is 1.77. The minimum absolute atomic E-state index is 0.222. The third kappa shape index (κ3) is 2.90. The number of benzene rings is 1. The van der Waals surface area contributed by atoms with Crippen LogP contribution in [0.5, 0.6) is 0 Å². The second kappa shape index (κ2) is 4.94. The maximum atomic E-state index is 11.8. The number of hydrogen-bond acceptors (Lipinski definition) is 2. The van der Waals surface area contributed by atoms with E-state index in [1.54, 1.807) is 31.2 Å². The molecule has 1 amide bonds. The van der Waals surface area contributed by atoms with E-state index in [9.17, 15) is 4.79 Å². The molecule has 2 rings (SSSR count). The first-order valence-corrected chi connectivity index (χ1v) is 6.05. The molecule has 17 heavy (non-hydrogen) atoms. The molecule has 1 heterocycles. The lowest BCUT2D eigenvalue weighted by Gasteiger charge is -2.04. The van der Waals surface area contributed by atoms with E-state index in [2.05, 4.69) is 21.2 Å². The van der Waals surface area contributed by atoms with Gasteiger partial charge >= 0.3 is 0 Å². The van der Waals surface area contributed by atoms with Crippen molar-refractivity contribution >= 4 is 39.1 Å². The predicted molar refractivity (Wildman–Crippen MR) is 70.6 cm³/mol. The molecule has 0 aliphatic rings. The molecule has 3 nitrogen and oxygen atoms in total. The average molecular weight is 315 g/mol. The van der Waals surface area contributed by atoms with Crippen molar-refractivity contribution in [3.05, 3.63) is 51.3 Å². The quantitative estimate of drug-likeness (QED) is 0.900. The largest absolute Gasteiger partial charge is 0.469 e. The van der Waals surface area contributed by atoms with Gasteiger partial charge in [-0.15, -0.1) is 0 Å². The van der Waals surface area contributed by atoms with Gasteiger partial charge in [0, 0.05) is 10.2 Å². The third-order valence-electron chi connectivity index (χ3n) is 2.17. The van der Waals surface area contributed by atoms with Gasteiger partial charge in [-0.3, -0.25) is 4.79 Å². The Balaban J connectivity index is 2.15. The predicted octanol–water partition coefficient (Wildman–Crippen LogP) is 4.26. The molecule has 0 saturated heterocycles. The van der Waals surface area contributed by atoms with Gasteiger partial charge in [0.1, 0.15) is 12.0 Å². The van der Waals surface area contributed by atoms with E-state index in [0.29, 0.717) is 22.0 Å². The Kier molecular flexibility index (Phi) is 3.54. The summed E-state index contributed by atoms with van der Waals surface area (Å²) in [6.07, 6.45) is 1.42. The lowest BCUT2D eigenvalue weighted by molar-refractivity contribution is 0.102. The second-order valence-electron chi connectivity index (χ2n) is 3.53. The number of anilines is 1. The molecular formula is C12H9BrClNO2. The highest BCUT2D eigenvalue weighted by atomic mass is 79.9. The van der Waals surface area contributed by atoms with Gasteiger partial charge < -0.3 is 9.73 Å². The van der Waals surface area contributed by atoms with Crippen LogP contribution >= 0.6 is 27.5 Å². The van der Waals surface area contributed by atoms with E-state index in [0.717, 1.165) is 4.47 Å². The normalized spacial score (nSPS) is 10.3. The van der Waals surface area contributed by atoms with E-state index in [1.165, 1.54) is 6.26 Å². The average Bonchev–Trinajstić information content (AvgIpc) is 2.70. The molecule has 1 aromatic heterocycles. The number of nitrogens with one attached hydrogen (secondary N) is 1. The molecule has 0 fully saturated rings. The zero-order valence-corrected chi connectivity index (χ0v) is 11.3. The molecule has 0 radical (unpaired) electrons. The summed E-state index contributed by atoms with van der Waals surface area (Å²) in [6.45, 7) is 1.78. The number of hydrogen-bond donors (Lipinski definition) is 1. The molecular weight excluding hydrogens is 305 g/mol. The van der Waals surface area contributed by atoms with E-state index in [1.807, 2.05) is 0 Å². The molecule has 2 aromatic rings. The van der Waals surface area contributed by atoms with Crippen LogP contribution in [0, 0.1) is 6.92 Å². The Hall–Kier alpha value is -1.26. The molecule has 88 valence electrons. The van der Waals surface area contributed by atoms with Crippen molar-refractivity contribution in [3.63, 3.8) is 0 Å². The van der Waals surface area contributed by atoms with Crippen LogP contribution in [0.3, 0.4) is 0 Å². The fourth-order valence-electron chi connectivity index (χ4n) is 1.34. The Morgan fingerprint density at radius 1 is 1.41 bits per heavy atom. The lowest BCUT2D eigenvalue weighted by atomic mass is 10.2. The summed E-state index contributed by atoms with van der Waals surface area (Å²) < 4.78 is 5.86. The van der Waals surface area contributed by atoms with Crippen LogP contribution in [-0.2, 0) is 0 Å². The Labute approximate surface area is 112 Å². The molecule has 1 N–H and O–H groups in total. The highest BCUT2D eigenvalue weighted by molar-refractivity contribution is 9.10. The number of carbonyl (C=O) groups is 1. The minimum atomic E-state index is -0.222.